The van der Waals surface area contributed by atoms with E-state index >= 15 is 0 Å². The Hall–Kier alpha value is -1.48. The van der Waals surface area contributed by atoms with Gasteiger partial charge in [-0.1, -0.05) is 38.8 Å². The maximum absolute atomic E-state index is 10.5. The van der Waals surface area contributed by atoms with Crippen molar-refractivity contribution in [1.82, 2.24) is 0 Å². The monoisotopic (exact) mass is 246 g/mol. The van der Waals surface area contributed by atoms with E-state index in [4.69, 9.17) is 25.9 Å². The summed E-state index contributed by atoms with van der Waals surface area (Å²) in [6, 6.07) is 3.09. The summed E-state index contributed by atoms with van der Waals surface area (Å²) < 4.78 is 101. The van der Waals surface area contributed by atoms with E-state index in [9.17, 15) is 5.11 Å². The molecule has 1 aliphatic rings. The van der Waals surface area contributed by atoms with Crippen LogP contribution in [0.2, 0.25) is 0 Å². The van der Waals surface area contributed by atoms with Crippen molar-refractivity contribution < 1.29 is 31.0 Å². The molecule has 3 nitrogen and oxygen atoms in total. The minimum absolute atomic E-state index is 0.0142. The average Bonchev–Trinajstić information content (AvgIpc) is 2.75. The summed E-state index contributed by atoms with van der Waals surface area (Å²) in [5, 5.41) is 10.5. The van der Waals surface area contributed by atoms with Crippen LogP contribution in [-0.4, -0.2) is 18.0 Å². The van der Waals surface area contributed by atoms with Crippen LogP contribution in [0.3, 0.4) is 0 Å². The van der Waals surface area contributed by atoms with Crippen molar-refractivity contribution >= 4 is 6.05 Å². The molecule has 92 valence electrons. The van der Waals surface area contributed by atoms with Gasteiger partial charge >= 0.3 is 0 Å². The molecule has 1 N–H and O–H groups in total. The number of ether oxygens (including phenoxy) is 2. The lowest BCUT2D eigenvalue weighted by Gasteiger charge is -2.22. The molecule has 2 rings (SSSR count). The first-order chi connectivity index (χ1) is 12.8. The molecule has 17 heavy (non-hydrogen) atoms. The second-order valence-corrected chi connectivity index (χ2v) is 3.51. The minimum atomic E-state index is -3.62. The Balaban J connectivity index is 2.54. The molecule has 0 fully saturated rings. The molecule has 1 atom stereocenters. The number of fused-ring (bicyclic) bond motifs is 1. The first kappa shape index (κ1) is 4.02. The molecule has 0 aliphatic carbocycles. The predicted molar refractivity (Wildman–Crippen MR) is 67.1 cm³/mol. The van der Waals surface area contributed by atoms with Crippen LogP contribution < -0.4 is 9.47 Å². The van der Waals surface area contributed by atoms with Gasteiger partial charge in [-0.2, -0.15) is 0 Å². The van der Waals surface area contributed by atoms with Gasteiger partial charge in [0.2, 0.25) is 6.75 Å². The Bertz CT molecular complexity index is 769. The molecular weight excluding hydrogens is 216 g/mol. The van der Waals surface area contributed by atoms with Crippen LogP contribution >= 0.6 is 0 Å². The van der Waals surface area contributed by atoms with Gasteiger partial charge in [0.25, 0.3) is 0 Å². The first-order valence-corrected chi connectivity index (χ1v) is 4.72. The lowest BCUT2D eigenvalue weighted by molar-refractivity contribution is 0.106. The van der Waals surface area contributed by atoms with Crippen molar-refractivity contribution in [2.24, 2.45) is 5.41 Å². The van der Waals surface area contributed by atoms with E-state index in [1.54, 1.807) is 0 Å². The zero-order valence-electron chi connectivity index (χ0n) is 20.7. The maximum Gasteiger partial charge on any atom is 0.231 e. The highest BCUT2D eigenvalue weighted by molar-refractivity contribution is 5.56. The van der Waals surface area contributed by atoms with Crippen molar-refractivity contribution in [3.63, 3.8) is 0 Å². The van der Waals surface area contributed by atoms with E-state index in [0.29, 0.717) is 6.08 Å². The summed E-state index contributed by atoms with van der Waals surface area (Å²) in [6.45, 7) is -13.3. The van der Waals surface area contributed by atoms with Gasteiger partial charge in [-0.05, 0) is 23.1 Å². The molecule has 0 radical (unpaired) electrons. The number of rotatable bonds is 2. The van der Waals surface area contributed by atoms with E-state index in [1.807, 2.05) is 0 Å². The Morgan fingerprint density at radius 3 is 3.00 bits per heavy atom. The standard InChI is InChI=1S/C14H18O3/c1-14(2,3)13(15)7-5-10-4-6-11-12(8-10)17-9-16-11/h4-8,13,15H,9H2,1-3H3/b7-5+/i1D3,2D3,3D3,5D,9D2. The molecule has 1 aliphatic heterocycles. The Labute approximate surface area is 119 Å². The van der Waals surface area contributed by atoms with Gasteiger partial charge in [0, 0.05) is 12.3 Å². The van der Waals surface area contributed by atoms with Gasteiger partial charge in [0.1, 0.15) is 2.74 Å². The van der Waals surface area contributed by atoms with Crippen molar-refractivity contribution in [2.75, 3.05) is 6.75 Å². The third-order valence-corrected chi connectivity index (χ3v) is 2.10. The number of benzene rings is 1. The molecule has 0 spiro atoms. The van der Waals surface area contributed by atoms with Gasteiger partial charge in [-0.25, -0.2) is 0 Å². The zero-order chi connectivity index (χ0) is 22.6. The number of aliphatic hydroxyl groups is 1. The van der Waals surface area contributed by atoms with Crippen LogP contribution in [0.15, 0.2) is 24.3 Å². The van der Waals surface area contributed by atoms with Crippen molar-refractivity contribution in [2.45, 2.75) is 26.7 Å². The zero-order valence-corrected chi connectivity index (χ0v) is 8.65. The summed E-state index contributed by atoms with van der Waals surface area (Å²) in [5.74, 6) is -0.0391. The molecule has 0 amide bonds. The second kappa shape index (κ2) is 4.41. The normalized spacial score (nSPS) is 32.6. The molecule has 3 heteroatoms. The van der Waals surface area contributed by atoms with E-state index in [2.05, 4.69) is 0 Å². The highest BCUT2D eigenvalue weighted by atomic mass is 16.7. The summed E-state index contributed by atoms with van der Waals surface area (Å²) in [7, 11) is 0. The van der Waals surface area contributed by atoms with Crippen LogP contribution in [0.25, 0.3) is 6.05 Å². The minimum Gasteiger partial charge on any atom is -0.454 e. The topological polar surface area (TPSA) is 38.7 Å². The molecule has 1 heterocycles. The van der Waals surface area contributed by atoms with Crippen LogP contribution in [0.1, 0.15) is 42.6 Å². The smallest absolute Gasteiger partial charge is 0.231 e. The fourth-order valence-corrected chi connectivity index (χ4v) is 1.17. The van der Waals surface area contributed by atoms with Gasteiger partial charge in [-0.15, -0.1) is 0 Å². The van der Waals surface area contributed by atoms with Crippen LogP contribution in [0, 0.1) is 5.41 Å². The van der Waals surface area contributed by atoms with Crippen molar-refractivity contribution in [1.29, 1.82) is 0 Å². The van der Waals surface area contributed by atoms with Crippen molar-refractivity contribution in [3.05, 3.63) is 29.8 Å². The molecule has 0 bridgehead atoms. The SMILES string of the molecule is [2H]/C(=C\C(O)C(C([2H])([2H])[2H])(C([2H])([2H])[2H])C([2H])([2H])[2H])c1ccc2c(c1)OC([2H])([2H])O2. The number of hydrogen-bond acceptors (Lipinski definition) is 3. The highest BCUT2D eigenvalue weighted by Gasteiger charge is 2.19. The lowest BCUT2D eigenvalue weighted by Crippen LogP contribution is -2.23. The predicted octanol–water partition coefficient (Wildman–Crippen LogP) is 2.84. The molecule has 0 saturated heterocycles. The molecule has 1 aromatic carbocycles. The Morgan fingerprint density at radius 2 is 2.24 bits per heavy atom. The third kappa shape index (κ3) is 2.80. The van der Waals surface area contributed by atoms with E-state index < -0.39 is 44.9 Å². The van der Waals surface area contributed by atoms with Gasteiger partial charge in [0.05, 0.1) is 7.47 Å². The molecule has 1 aromatic rings. The van der Waals surface area contributed by atoms with Gasteiger partial charge in [-0.3, -0.25) is 0 Å². The maximum atomic E-state index is 10.5. The average molecular weight is 246 g/mol. The summed E-state index contributed by atoms with van der Waals surface area (Å²) in [4.78, 5) is 0. The lowest BCUT2D eigenvalue weighted by atomic mass is 9.89. The summed E-state index contributed by atoms with van der Waals surface area (Å²) in [6.07, 6.45) is -2.03. The number of hydrogen-bond donors (Lipinski definition) is 1. The quantitative estimate of drug-likeness (QED) is 0.872. The fraction of sp³-hybridized carbons (Fsp3) is 0.429. The molecule has 1 unspecified atom stereocenters. The Morgan fingerprint density at radius 1 is 1.47 bits per heavy atom. The summed E-state index contributed by atoms with van der Waals surface area (Å²) >= 11 is 0. The van der Waals surface area contributed by atoms with E-state index in [-0.39, 0.29) is 17.1 Å². The molecule has 0 saturated carbocycles. The van der Waals surface area contributed by atoms with Gasteiger partial charge in [0.15, 0.2) is 11.5 Å². The van der Waals surface area contributed by atoms with E-state index in [1.165, 1.54) is 12.1 Å². The first-order valence-electron chi connectivity index (χ1n) is 10.7. The Kier molecular flexibility index (Phi) is 1.04. The third-order valence-electron chi connectivity index (χ3n) is 2.10. The van der Waals surface area contributed by atoms with Gasteiger partial charge < -0.3 is 14.6 Å². The molecular formula is C14H18O3. The largest absolute Gasteiger partial charge is 0.454 e. The van der Waals surface area contributed by atoms with Crippen molar-refractivity contribution in [3.8, 4) is 11.5 Å². The fourth-order valence-electron chi connectivity index (χ4n) is 1.17. The van der Waals surface area contributed by atoms with Crippen LogP contribution in [0.5, 0.6) is 11.5 Å². The highest BCUT2D eigenvalue weighted by Crippen LogP contribution is 2.33. The van der Waals surface area contributed by atoms with Crippen LogP contribution in [-0.2, 0) is 0 Å². The number of aliphatic hydroxyl groups excluding tert-OH is 1. The van der Waals surface area contributed by atoms with E-state index in [0.717, 1.165) is 6.07 Å². The second-order valence-electron chi connectivity index (χ2n) is 3.51. The summed E-state index contributed by atoms with van der Waals surface area (Å²) in [5.41, 5.74) is -3.55. The van der Waals surface area contributed by atoms with Crippen LogP contribution in [0.4, 0.5) is 0 Å². The molecule has 0 aromatic heterocycles.